The number of anilines is 1. The number of hydrogen-bond acceptors (Lipinski definition) is 3. The zero-order valence-electron chi connectivity index (χ0n) is 13.5. The van der Waals surface area contributed by atoms with Gasteiger partial charge >= 0.3 is 0 Å². The molecular formula is C19H21FN2OS. The van der Waals surface area contributed by atoms with Gasteiger partial charge in [-0.25, -0.2) is 9.37 Å². The maximum atomic E-state index is 13.3. The first-order valence-corrected chi connectivity index (χ1v) is 9.55. The van der Waals surface area contributed by atoms with E-state index in [4.69, 9.17) is 0 Å². The second-order valence-corrected chi connectivity index (χ2v) is 7.87. The van der Waals surface area contributed by atoms with E-state index in [0.717, 1.165) is 12.0 Å². The summed E-state index contributed by atoms with van der Waals surface area (Å²) in [7, 11) is 0. The highest BCUT2D eigenvalue weighted by molar-refractivity contribution is 7.13. The summed E-state index contributed by atoms with van der Waals surface area (Å²) in [6, 6.07) is 6.48. The lowest BCUT2D eigenvalue weighted by atomic mass is 9.80. The largest absolute Gasteiger partial charge is 0.301 e. The van der Waals surface area contributed by atoms with Crippen LogP contribution in [0.25, 0.3) is 0 Å². The molecule has 0 unspecified atom stereocenters. The lowest BCUT2D eigenvalue weighted by Gasteiger charge is -2.25. The van der Waals surface area contributed by atoms with Crippen LogP contribution in [0.5, 0.6) is 0 Å². The van der Waals surface area contributed by atoms with Crippen LogP contribution in [0, 0.1) is 17.7 Å². The fourth-order valence-corrected chi connectivity index (χ4v) is 4.88. The Bertz CT molecular complexity index is 709. The van der Waals surface area contributed by atoms with E-state index in [0.29, 0.717) is 17.0 Å². The van der Waals surface area contributed by atoms with Gasteiger partial charge in [0.2, 0.25) is 5.91 Å². The van der Waals surface area contributed by atoms with Crippen LogP contribution in [0.3, 0.4) is 0 Å². The molecule has 126 valence electrons. The van der Waals surface area contributed by atoms with Crippen molar-refractivity contribution in [1.29, 1.82) is 0 Å². The molecule has 1 heterocycles. The van der Waals surface area contributed by atoms with Crippen molar-refractivity contribution >= 4 is 22.4 Å². The van der Waals surface area contributed by atoms with Gasteiger partial charge in [0.25, 0.3) is 0 Å². The van der Waals surface area contributed by atoms with Gasteiger partial charge in [0.05, 0.1) is 5.41 Å². The molecule has 2 saturated carbocycles. The second kappa shape index (κ2) is 6.28. The molecule has 3 nitrogen and oxygen atoms in total. The predicted molar refractivity (Wildman–Crippen MR) is 93.5 cm³/mol. The third kappa shape index (κ3) is 2.75. The van der Waals surface area contributed by atoms with Crippen LogP contribution in [0.4, 0.5) is 9.52 Å². The first-order valence-electron chi connectivity index (χ1n) is 8.67. The maximum Gasteiger partial charge on any atom is 0.237 e. The van der Waals surface area contributed by atoms with Gasteiger partial charge in [0.15, 0.2) is 5.13 Å². The Hall–Kier alpha value is -1.75. The van der Waals surface area contributed by atoms with E-state index in [-0.39, 0.29) is 11.7 Å². The fourth-order valence-electron chi connectivity index (χ4n) is 4.36. The number of halogens is 1. The average Bonchev–Trinajstić information content (AvgIpc) is 3.17. The summed E-state index contributed by atoms with van der Waals surface area (Å²) in [6.07, 6.45) is 8.79. The molecule has 5 heteroatoms. The number of carbonyl (C=O) groups is 1. The van der Waals surface area contributed by atoms with Crippen molar-refractivity contribution in [2.75, 3.05) is 5.32 Å². The molecule has 2 atom stereocenters. The van der Waals surface area contributed by atoms with Crippen LogP contribution < -0.4 is 5.32 Å². The molecule has 0 aliphatic heterocycles. The molecule has 1 aromatic heterocycles. The van der Waals surface area contributed by atoms with Gasteiger partial charge < -0.3 is 5.32 Å². The molecule has 2 aromatic rings. The highest BCUT2D eigenvalue weighted by Crippen LogP contribution is 2.61. The number of carbonyl (C=O) groups excluding carboxylic acids is 1. The number of aromatic nitrogens is 1. The summed E-state index contributed by atoms with van der Waals surface area (Å²) in [4.78, 5) is 17.3. The minimum Gasteiger partial charge on any atom is -0.301 e. The van der Waals surface area contributed by atoms with Crippen molar-refractivity contribution in [2.45, 2.75) is 43.9 Å². The van der Waals surface area contributed by atoms with Crippen LogP contribution in [-0.2, 0) is 10.2 Å². The highest BCUT2D eigenvalue weighted by atomic mass is 32.1. The Morgan fingerprint density at radius 3 is 2.62 bits per heavy atom. The number of thiazole rings is 1. The first-order chi connectivity index (χ1) is 11.7. The van der Waals surface area contributed by atoms with E-state index >= 15 is 0 Å². The number of rotatable bonds is 4. The molecule has 0 saturated heterocycles. The Morgan fingerprint density at radius 2 is 1.96 bits per heavy atom. The molecule has 1 N–H and O–H groups in total. The van der Waals surface area contributed by atoms with Crippen LogP contribution in [0.2, 0.25) is 0 Å². The van der Waals surface area contributed by atoms with Gasteiger partial charge in [-0.2, -0.15) is 0 Å². The Kier molecular flexibility index (Phi) is 4.12. The number of hydrogen-bond donors (Lipinski definition) is 1. The third-order valence-corrected chi connectivity index (χ3v) is 6.34. The molecule has 1 amide bonds. The van der Waals surface area contributed by atoms with E-state index in [9.17, 15) is 9.18 Å². The standard InChI is InChI=1S/C19H21FN2OS/c20-15-8-6-14(7-9-15)19(17(23)22-18-21-10-11-24-18)12-16(19)13-4-2-1-3-5-13/h6-11,13,16H,1-5,12H2,(H,21,22,23)/t16-,19-/m0/s1. The van der Waals surface area contributed by atoms with E-state index in [1.807, 2.05) is 5.38 Å². The molecule has 24 heavy (non-hydrogen) atoms. The zero-order chi connectivity index (χ0) is 16.6. The van der Waals surface area contributed by atoms with Gasteiger partial charge in [0.1, 0.15) is 5.82 Å². The van der Waals surface area contributed by atoms with E-state index in [1.165, 1.54) is 55.6 Å². The SMILES string of the molecule is O=C(Nc1nccs1)[C@]1(c2ccc(F)cc2)C[C@H]1C1CCCCC1. The van der Waals surface area contributed by atoms with Crippen molar-refractivity contribution in [1.82, 2.24) is 4.98 Å². The Morgan fingerprint density at radius 1 is 1.21 bits per heavy atom. The summed E-state index contributed by atoms with van der Waals surface area (Å²) in [5.41, 5.74) is 0.426. The monoisotopic (exact) mass is 344 g/mol. The summed E-state index contributed by atoms with van der Waals surface area (Å²) in [6.45, 7) is 0. The average molecular weight is 344 g/mol. The quantitative estimate of drug-likeness (QED) is 0.869. The topological polar surface area (TPSA) is 42.0 Å². The van der Waals surface area contributed by atoms with Gasteiger partial charge in [-0.15, -0.1) is 11.3 Å². The lowest BCUT2D eigenvalue weighted by molar-refractivity contribution is -0.119. The van der Waals surface area contributed by atoms with Crippen molar-refractivity contribution in [3.05, 3.63) is 47.2 Å². The molecule has 0 spiro atoms. The Labute approximate surface area is 145 Å². The van der Waals surface area contributed by atoms with Crippen LogP contribution in [-0.4, -0.2) is 10.9 Å². The fraction of sp³-hybridized carbons (Fsp3) is 0.474. The lowest BCUT2D eigenvalue weighted by Crippen LogP contribution is -2.32. The van der Waals surface area contributed by atoms with Crippen LogP contribution in [0.1, 0.15) is 44.1 Å². The third-order valence-electron chi connectivity index (χ3n) is 5.65. The molecule has 2 aliphatic rings. The molecule has 0 radical (unpaired) electrons. The van der Waals surface area contributed by atoms with E-state index < -0.39 is 5.41 Å². The van der Waals surface area contributed by atoms with Gasteiger partial charge in [-0.05, 0) is 36.0 Å². The van der Waals surface area contributed by atoms with Crippen LogP contribution >= 0.6 is 11.3 Å². The highest BCUT2D eigenvalue weighted by Gasteiger charge is 2.63. The van der Waals surface area contributed by atoms with E-state index in [2.05, 4.69) is 10.3 Å². The van der Waals surface area contributed by atoms with Gasteiger partial charge in [-0.3, -0.25) is 4.79 Å². The molecule has 1 aromatic carbocycles. The first kappa shape index (κ1) is 15.8. The second-order valence-electron chi connectivity index (χ2n) is 6.98. The zero-order valence-corrected chi connectivity index (χ0v) is 14.3. The maximum absolute atomic E-state index is 13.3. The molecule has 2 fully saturated rings. The minimum absolute atomic E-state index is 0.0135. The summed E-state index contributed by atoms with van der Waals surface area (Å²) in [5.74, 6) is 0.720. The molecule has 4 rings (SSSR count). The Balaban J connectivity index is 1.63. The van der Waals surface area contributed by atoms with Crippen molar-refractivity contribution in [3.8, 4) is 0 Å². The normalized spacial score (nSPS) is 27.0. The smallest absolute Gasteiger partial charge is 0.237 e. The van der Waals surface area contributed by atoms with Crippen molar-refractivity contribution in [2.24, 2.45) is 11.8 Å². The van der Waals surface area contributed by atoms with Gasteiger partial charge in [-0.1, -0.05) is 44.2 Å². The van der Waals surface area contributed by atoms with E-state index in [1.54, 1.807) is 18.3 Å². The summed E-state index contributed by atoms with van der Waals surface area (Å²) >= 11 is 1.43. The summed E-state index contributed by atoms with van der Waals surface area (Å²) < 4.78 is 13.3. The van der Waals surface area contributed by atoms with Gasteiger partial charge in [0, 0.05) is 11.6 Å². The minimum atomic E-state index is -0.513. The number of benzene rings is 1. The predicted octanol–water partition coefficient (Wildman–Crippen LogP) is 4.76. The number of nitrogens with zero attached hydrogens (tertiary/aromatic N) is 1. The van der Waals surface area contributed by atoms with Crippen molar-refractivity contribution < 1.29 is 9.18 Å². The molecule has 2 aliphatic carbocycles. The summed E-state index contributed by atoms with van der Waals surface area (Å²) in [5, 5.41) is 5.47. The molecular weight excluding hydrogens is 323 g/mol. The van der Waals surface area contributed by atoms with Crippen LogP contribution in [0.15, 0.2) is 35.8 Å². The molecule has 0 bridgehead atoms. The number of nitrogens with one attached hydrogen (secondary N) is 1. The number of amides is 1. The van der Waals surface area contributed by atoms with Crippen molar-refractivity contribution in [3.63, 3.8) is 0 Å².